The zero-order chi connectivity index (χ0) is 12.1. The maximum atomic E-state index is 6.13. The fraction of sp³-hybridized carbons (Fsp3) is 0.571. The normalized spacial score (nSPS) is 17.1. The van der Waals surface area contributed by atoms with Gasteiger partial charge in [0.2, 0.25) is 0 Å². The third kappa shape index (κ3) is 4.18. The van der Waals surface area contributed by atoms with Crippen LogP contribution < -0.4 is 5.32 Å². The molecule has 0 saturated heterocycles. The molecule has 0 amide bonds. The maximum Gasteiger partial charge on any atom is 0.0638 e. The molecule has 1 nitrogen and oxygen atoms in total. The van der Waals surface area contributed by atoms with Crippen LogP contribution in [0.5, 0.6) is 0 Å². The minimum absolute atomic E-state index is 0.803. The van der Waals surface area contributed by atoms with Gasteiger partial charge in [-0.2, -0.15) is 0 Å². The Labute approximate surface area is 117 Å². The fourth-order valence-corrected chi connectivity index (χ4v) is 3.07. The molecule has 1 aliphatic carbocycles. The Morgan fingerprint density at radius 1 is 1.24 bits per heavy atom. The van der Waals surface area contributed by atoms with E-state index in [9.17, 15) is 0 Å². The first kappa shape index (κ1) is 13.2. The summed E-state index contributed by atoms with van der Waals surface area (Å²) in [4.78, 5) is 0. The van der Waals surface area contributed by atoms with Crippen molar-refractivity contribution >= 4 is 33.2 Å². The molecule has 1 saturated carbocycles. The SMILES string of the molecule is Clc1ccc(Br)cc1NCCC1CCCCC1. The van der Waals surface area contributed by atoms with E-state index >= 15 is 0 Å². The molecule has 0 radical (unpaired) electrons. The first-order valence-electron chi connectivity index (χ1n) is 6.44. The summed E-state index contributed by atoms with van der Waals surface area (Å²) in [6.07, 6.45) is 8.36. The van der Waals surface area contributed by atoms with Gasteiger partial charge in [0, 0.05) is 11.0 Å². The van der Waals surface area contributed by atoms with Crippen LogP contribution in [0.15, 0.2) is 22.7 Å². The molecule has 0 atom stereocenters. The van der Waals surface area contributed by atoms with Crippen molar-refractivity contribution in [2.75, 3.05) is 11.9 Å². The number of hydrogen-bond donors (Lipinski definition) is 1. The standard InChI is InChI=1S/C14H19BrClN/c15-12-6-7-13(16)14(10-12)17-9-8-11-4-2-1-3-5-11/h6-7,10-11,17H,1-5,8-9H2. The van der Waals surface area contributed by atoms with Gasteiger partial charge in [-0.05, 0) is 30.5 Å². The van der Waals surface area contributed by atoms with Gasteiger partial charge in [0.25, 0.3) is 0 Å². The summed E-state index contributed by atoms with van der Waals surface area (Å²) in [6, 6.07) is 5.94. The highest BCUT2D eigenvalue weighted by Crippen LogP contribution is 2.28. The molecule has 1 aromatic rings. The Bertz CT molecular complexity index is 361. The molecule has 1 N–H and O–H groups in total. The molecule has 1 aromatic carbocycles. The molecular weight excluding hydrogens is 298 g/mol. The van der Waals surface area contributed by atoms with Crippen molar-refractivity contribution in [3.63, 3.8) is 0 Å². The Kier molecular flexibility index (Phi) is 5.17. The van der Waals surface area contributed by atoms with Crippen LogP contribution in [-0.2, 0) is 0 Å². The second kappa shape index (κ2) is 6.65. The highest BCUT2D eigenvalue weighted by atomic mass is 79.9. The van der Waals surface area contributed by atoms with E-state index in [-0.39, 0.29) is 0 Å². The largest absolute Gasteiger partial charge is 0.384 e. The lowest BCUT2D eigenvalue weighted by Gasteiger charge is -2.21. The molecule has 0 heterocycles. The summed E-state index contributed by atoms with van der Waals surface area (Å²) in [6.45, 7) is 1.03. The topological polar surface area (TPSA) is 12.0 Å². The molecular formula is C14H19BrClN. The van der Waals surface area contributed by atoms with Gasteiger partial charge < -0.3 is 5.32 Å². The van der Waals surface area contributed by atoms with Gasteiger partial charge in [-0.25, -0.2) is 0 Å². The lowest BCUT2D eigenvalue weighted by molar-refractivity contribution is 0.345. The molecule has 2 rings (SSSR count). The van der Waals surface area contributed by atoms with Crippen LogP contribution in [-0.4, -0.2) is 6.54 Å². The van der Waals surface area contributed by atoms with E-state index in [0.717, 1.165) is 27.6 Å². The van der Waals surface area contributed by atoms with Crippen molar-refractivity contribution in [1.82, 2.24) is 0 Å². The Balaban J connectivity index is 1.79. The molecule has 1 fully saturated rings. The molecule has 0 unspecified atom stereocenters. The second-order valence-electron chi connectivity index (χ2n) is 4.84. The molecule has 17 heavy (non-hydrogen) atoms. The molecule has 3 heteroatoms. The molecule has 0 aromatic heterocycles. The van der Waals surface area contributed by atoms with Gasteiger partial charge in [0.1, 0.15) is 0 Å². The number of rotatable bonds is 4. The van der Waals surface area contributed by atoms with E-state index in [0.29, 0.717) is 0 Å². The first-order valence-corrected chi connectivity index (χ1v) is 7.62. The summed E-state index contributed by atoms with van der Waals surface area (Å²) < 4.78 is 1.07. The van der Waals surface area contributed by atoms with Crippen LogP contribution in [0.3, 0.4) is 0 Å². The minimum atomic E-state index is 0.803. The third-order valence-electron chi connectivity index (χ3n) is 3.52. The summed E-state index contributed by atoms with van der Waals surface area (Å²) in [7, 11) is 0. The number of anilines is 1. The van der Waals surface area contributed by atoms with Crippen LogP contribution in [0.4, 0.5) is 5.69 Å². The summed E-state index contributed by atoms with van der Waals surface area (Å²) >= 11 is 9.60. The molecule has 0 spiro atoms. The average molecular weight is 317 g/mol. The van der Waals surface area contributed by atoms with Crippen LogP contribution in [0, 0.1) is 5.92 Å². The number of nitrogens with one attached hydrogen (secondary N) is 1. The van der Waals surface area contributed by atoms with Gasteiger partial charge in [0.15, 0.2) is 0 Å². The van der Waals surface area contributed by atoms with Gasteiger partial charge in [-0.15, -0.1) is 0 Å². The number of benzene rings is 1. The second-order valence-corrected chi connectivity index (χ2v) is 6.17. The molecule has 0 aliphatic heterocycles. The highest BCUT2D eigenvalue weighted by molar-refractivity contribution is 9.10. The Morgan fingerprint density at radius 2 is 2.00 bits per heavy atom. The third-order valence-corrected chi connectivity index (χ3v) is 4.34. The fourth-order valence-electron chi connectivity index (χ4n) is 2.52. The van der Waals surface area contributed by atoms with Gasteiger partial charge in [0.05, 0.1) is 10.7 Å². The Hall–Kier alpha value is -0.210. The number of halogens is 2. The van der Waals surface area contributed by atoms with Gasteiger partial charge in [-0.1, -0.05) is 59.6 Å². The summed E-state index contributed by atoms with van der Waals surface area (Å²) in [5.41, 5.74) is 1.04. The van der Waals surface area contributed by atoms with E-state index in [4.69, 9.17) is 11.6 Å². The highest BCUT2D eigenvalue weighted by Gasteiger charge is 2.12. The van der Waals surface area contributed by atoms with Crippen molar-refractivity contribution in [1.29, 1.82) is 0 Å². The van der Waals surface area contributed by atoms with E-state index in [1.807, 2.05) is 18.2 Å². The van der Waals surface area contributed by atoms with Gasteiger partial charge in [-0.3, -0.25) is 0 Å². The van der Waals surface area contributed by atoms with Crippen LogP contribution in [0.25, 0.3) is 0 Å². The summed E-state index contributed by atoms with van der Waals surface area (Å²) in [5, 5.41) is 4.24. The van der Waals surface area contributed by atoms with Crippen molar-refractivity contribution in [2.24, 2.45) is 5.92 Å². The van der Waals surface area contributed by atoms with Crippen molar-refractivity contribution in [3.05, 3.63) is 27.7 Å². The van der Waals surface area contributed by atoms with Crippen molar-refractivity contribution in [2.45, 2.75) is 38.5 Å². The zero-order valence-electron chi connectivity index (χ0n) is 10.0. The van der Waals surface area contributed by atoms with Crippen LogP contribution in [0.2, 0.25) is 5.02 Å². The van der Waals surface area contributed by atoms with Crippen LogP contribution in [0.1, 0.15) is 38.5 Å². The lowest BCUT2D eigenvalue weighted by atomic mass is 9.87. The smallest absolute Gasteiger partial charge is 0.0638 e. The predicted octanol–water partition coefficient (Wildman–Crippen LogP) is 5.48. The maximum absolute atomic E-state index is 6.13. The zero-order valence-corrected chi connectivity index (χ0v) is 12.4. The van der Waals surface area contributed by atoms with E-state index in [2.05, 4.69) is 21.2 Å². The Morgan fingerprint density at radius 3 is 2.76 bits per heavy atom. The average Bonchev–Trinajstić information content (AvgIpc) is 2.35. The van der Waals surface area contributed by atoms with Gasteiger partial charge >= 0.3 is 0 Å². The summed E-state index contributed by atoms with van der Waals surface area (Å²) in [5.74, 6) is 0.919. The van der Waals surface area contributed by atoms with Crippen molar-refractivity contribution < 1.29 is 0 Å². The molecule has 0 bridgehead atoms. The van der Waals surface area contributed by atoms with Crippen molar-refractivity contribution in [3.8, 4) is 0 Å². The first-order chi connectivity index (χ1) is 8.25. The van der Waals surface area contributed by atoms with Crippen LogP contribution >= 0.6 is 27.5 Å². The lowest BCUT2D eigenvalue weighted by Crippen LogP contribution is -2.12. The van der Waals surface area contributed by atoms with E-state index in [1.54, 1.807) is 0 Å². The molecule has 1 aliphatic rings. The number of hydrogen-bond acceptors (Lipinski definition) is 1. The monoisotopic (exact) mass is 315 g/mol. The predicted molar refractivity (Wildman–Crippen MR) is 78.8 cm³/mol. The quantitative estimate of drug-likeness (QED) is 0.775. The van der Waals surface area contributed by atoms with E-state index < -0.39 is 0 Å². The van der Waals surface area contributed by atoms with E-state index in [1.165, 1.54) is 38.5 Å². The minimum Gasteiger partial charge on any atom is -0.384 e. The molecule has 94 valence electrons.